The first-order valence-electron chi connectivity index (χ1n) is 8.39. The van der Waals surface area contributed by atoms with Gasteiger partial charge in [-0.25, -0.2) is 4.79 Å². The summed E-state index contributed by atoms with van der Waals surface area (Å²) in [6.45, 7) is 5.17. The van der Waals surface area contributed by atoms with E-state index in [9.17, 15) is 14.4 Å². The van der Waals surface area contributed by atoms with Crippen LogP contribution in [-0.4, -0.2) is 53.3 Å². The van der Waals surface area contributed by atoms with E-state index in [0.29, 0.717) is 19.0 Å². The van der Waals surface area contributed by atoms with Gasteiger partial charge < -0.3 is 9.80 Å². The molecule has 0 radical (unpaired) electrons. The first-order chi connectivity index (χ1) is 11.5. The van der Waals surface area contributed by atoms with Crippen molar-refractivity contribution in [2.24, 2.45) is 0 Å². The van der Waals surface area contributed by atoms with Crippen molar-refractivity contribution in [2.75, 3.05) is 19.6 Å². The molecule has 2 fully saturated rings. The van der Waals surface area contributed by atoms with Gasteiger partial charge in [0.25, 0.3) is 0 Å². The van der Waals surface area contributed by atoms with Crippen LogP contribution >= 0.6 is 0 Å². The summed E-state index contributed by atoms with van der Waals surface area (Å²) in [6, 6.07) is 7.96. The fourth-order valence-corrected chi connectivity index (χ4v) is 3.65. The highest BCUT2D eigenvalue weighted by Crippen LogP contribution is 2.33. The lowest BCUT2D eigenvalue weighted by molar-refractivity contribution is -0.133. The van der Waals surface area contributed by atoms with Gasteiger partial charge in [-0.3, -0.25) is 14.9 Å². The summed E-state index contributed by atoms with van der Waals surface area (Å²) < 4.78 is 0. The van der Waals surface area contributed by atoms with E-state index in [-0.39, 0.29) is 30.8 Å². The molecule has 0 saturated carbocycles. The summed E-state index contributed by atoms with van der Waals surface area (Å²) in [5.74, 6) is 0.00264. The van der Waals surface area contributed by atoms with Crippen LogP contribution in [0.25, 0.3) is 0 Å². The molecule has 0 aromatic heterocycles. The number of imide groups is 1. The fourth-order valence-electron chi connectivity index (χ4n) is 3.65. The van der Waals surface area contributed by atoms with Crippen LogP contribution < -0.4 is 5.32 Å². The van der Waals surface area contributed by atoms with E-state index in [4.69, 9.17) is 0 Å². The maximum absolute atomic E-state index is 12.6. The SMILES string of the molecule is Cc1ccccc1[C@H]1C[C@H](C)N(C(=O)CN2CCC(=O)NC2=O)C1. The number of benzene rings is 1. The number of hydrogen-bond donors (Lipinski definition) is 1. The number of rotatable bonds is 3. The number of nitrogens with one attached hydrogen (secondary N) is 1. The zero-order chi connectivity index (χ0) is 17.3. The van der Waals surface area contributed by atoms with E-state index in [1.165, 1.54) is 16.0 Å². The van der Waals surface area contributed by atoms with Gasteiger partial charge in [0.2, 0.25) is 11.8 Å². The van der Waals surface area contributed by atoms with E-state index in [1.807, 2.05) is 17.0 Å². The van der Waals surface area contributed by atoms with Crippen LogP contribution in [0.5, 0.6) is 0 Å². The Balaban J connectivity index is 1.65. The predicted octanol–water partition coefficient (Wildman–Crippen LogP) is 1.64. The fraction of sp³-hybridized carbons (Fsp3) is 0.500. The molecule has 1 N–H and O–H groups in total. The van der Waals surface area contributed by atoms with Crippen molar-refractivity contribution in [3.8, 4) is 0 Å². The lowest BCUT2D eigenvalue weighted by Crippen LogP contribution is -2.53. The number of nitrogens with zero attached hydrogens (tertiary/aromatic N) is 2. The van der Waals surface area contributed by atoms with Crippen molar-refractivity contribution in [1.82, 2.24) is 15.1 Å². The van der Waals surface area contributed by atoms with Crippen molar-refractivity contribution in [2.45, 2.75) is 38.6 Å². The van der Waals surface area contributed by atoms with Crippen LogP contribution in [-0.2, 0) is 9.59 Å². The highest BCUT2D eigenvalue weighted by atomic mass is 16.2. The number of amides is 4. The Hall–Kier alpha value is -2.37. The highest BCUT2D eigenvalue weighted by molar-refractivity contribution is 5.98. The molecule has 1 aromatic carbocycles. The third kappa shape index (κ3) is 3.27. The second-order valence-corrected chi connectivity index (χ2v) is 6.71. The molecule has 128 valence electrons. The maximum Gasteiger partial charge on any atom is 0.324 e. The first-order valence-corrected chi connectivity index (χ1v) is 8.39. The van der Waals surface area contributed by atoms with E-state index in [2.05, 4.69) is 31.3 Å². The molecule has 2 aliphatic rings. The van der Waals surface area contributed by atoms with Crippen LogP contribution in [0, 0.1) is 6.92 Å². The first kappa shape index (κ1) is 16.5. The molecule has 2 saturated heterocycles. The number of hydrogen-bond acceptors (Lipinski definition) is 3. The van der Waals surface area contributed by atoms with Crippen LogP contribution in [0.1, 0.15) is 36.8 Å². The lowest BCUT2D eigenvalue weighted by atomic mass is 9.93. The van der Waals surface area contributed by atoms with Gasteiger partial charge in [-0.15, -0.1) is 0 Å². The topological polar surface area (TPSA) is 69.7 Å². The van der Waals surface area contributed by atoms with Crippen molar-refractivity contribution in [1.29, 1.82) is 0 Å². The Morgan fingerprint density at radius 1 is 1.29 bits per heavy atom. The van der Waals surface area contributed by atoms with Crippen molar-refractivity contribution >= 4 is 17.8 Å². The largest absolute Gasteiger partial charge is 0.338 e. The van der Waals surface area contributed by atoms with Crippen molar-refractivity contribution in [3.63, 3.8) is 0 Å². The molecule has 2 heterocycles. The number of urea groups is 1. The second-order valence-electron chi connectivity index (χ2n) is 6.71. The third-order valence-electron chi connectivity index (χ3n) is 4.99. The number of aryl methyl sites for hydroxylation is 1. The summed E-state index contributed by atoms with van der Waals surface area (Å²) in [7, 11) is 0. The minimum Gasteiger partial charge on any atom is -0.338 e. The normalized spacial score (nSPS) is 24.2. The van der Waals surface area contributed by atoms with E-state index in [1.54, 1.807) is 0 Å². The van der Waals surface area contributed by atoms with Crippen molar-refractivity contribution < 1.29 is 14.4 Å². The number of carbonyl (C=O) groups excluding carboxylic acids is 3. The Morgan fingerprint density at radius 3 is 2.75 bits per heavy atom. The molecule has 3 rings (SSSR count). The second kappa shape index (κ2) is 6.63. The van der Waals surface area contributed by atoms with Gasteiger partial charge in [-0.2, -0.15) is 0 Å². The molecule has 0 unspecified atom stereocenters. The third-order valence-corrected chi connectivity index (χ3v) is 4.99. The Morgan fingerprint density at radius 2 is 2.04 bits per heavy atom. The summed E-state index contributed by atoms with van der Waals surface area (Å²) in [4.78, 5) is 38.9. The van der Waals surface area contributed by atoms with E-state index in [0.717, 1.165) is 6.42 Å². The molecule has 6 heteroatoms. The van der Waals surface area contributed by atoms with E-state index < -0.39 is 6.03 Å². The van der Waals surface area contributed by atoms with Crippen LogP contribution in [0.15, 0.2) is 24.3 Å². The summed E-state index contributed by atoms with van der Waals surface area (Å²) in [5, 5.41) is 2.26. The van der Waals surface area contributed by atoms with Crippen LogP contribution in [0.2, 0.25) is 0 Å². The Bertz CT molecular complexity index is 673. The Labute approximate surface area is 141 Å². The Kier molecular flexibility index (Phi) is 4.55. The molecule has 24 heavy (non-hydrogen) atoms. The molecule has 2 aliphatic heterocycles. The standard InChI is InChI=1S/C18H23N3O3/c1-12-5-3-4-6-15(12)14-9-13(2)21(10-14)17(23)11-20-8-7-16(22)19-18(20)24/h3-6,13-14H,7-11H2,1-2H3,(H,19,22,24)/t13-,14-/m0/s1. The molecule has 0 bridgehead atoms. The average molecular weight is 329 g/mol. The molecule has 0 aliphatic carbocycles. The summed E-state index contributed by atoms with van der Waals surface area (Å²) in [6.07, 6.45) is 1.18. The minimum atomic E-state index is -0.470. The van der Waals surface area contributed by atoms with Crippen molar-refractivity contribution in [3.05, 3.63) is 35.4 Å². The molecule has 1 aromatic rings. The van der Waals surface area contributed by atoms with Gasteiger partial charge in [0.15, 0.2) is 0 Å². The monoisotopic (exact) mass is 329 g/mol. The van der Waals surface area contributed by atoms with Gasteiger partial charge >= 0.3 is 6.03 Å². The lowest BCUT2D eigenvalue weighted by Gasteiger charge is -2.29. The highest BCUT2D eigenvalue weighted by Gasteiger charge is 2.35. The van der Waals surface area contributed by atoms with Gasteiger partial charge in [0.05, 0.1) is 0 Å². The van der Waals surface area contributed by atoms with Gasteiger partial charge in [0, 0.05) is 31.5 Å². The number of carbonyl (C=O) groups is 3. The van der Waals surface area contributed by atoms with Gasteiger partial charge in [-0.1, -0.05) is 24.3 Å². The average Bonchev–Trinajstić information content (AvgIpc) is 2.92. The summed E-state index contributed by atoms with van der Waals surface area (Å²) in [5.41, 5.74) is 2.54. The summed E-state index contributed by atoms with van der Waals surface area (Å²) >= 11 is 0. The molecule has 6 nitrogen and oxygen atoms in total. The van der Waals surface area contributed by atoms with Gasteiger partial charge in [-0.05, 0) is 31.4 Å². The number of likely N-dealkylation sites (tertiary alicyclic amines) is 1. The smallest absolute Gasteiger partial charge is 0.324 e. The molecule has 0 spiro atoms. The van der Waals surface area contributed by atoms with Gasteiger partial charge in [0.1, 0.15) is 6.54 Å². The maximum atomic E-state index is 12.6. The molecule has 4 amide bonds. The van der Waals surface area contributed by atoms with Crippen LogP contribution in [0.4, 0.5) is 4.79 Å². The molecule has 2 atom stereocenters. The minimum absolute atomic E-state index is 0.0317. The predicted molar refractivity (Wildman–Crippen MR) is 89.4 cm³/mol. The quantitative estimate of drug-likeness (QED) is 0.916. The molecular weight excluding hydrogens is 306 g/mol. The zero-order valence-corrected chi connectivity index (χ0v) is 14.1. The zero-order valence-electron chi connectivity index (χ0n) is 14.1. The van der Waals surface area contributed by atoms with E-state index >= 15 is 0 Å². The molecular formula is C18H23N3O3. The van der Waals surface area contributed by atoms with Crippen LogP contribution in [0.3, 0.4) is 0 Å².